The first-order chi connectivity index (χ1) is 12.0. The third-order valence-electron chi connectivity index (χ3n) is 3.87. The topological polar surface area (TPSA) is 56.6 Å². The summed E-state index contributed by atoms with van der Waals surface area (Å²) < 4.78 is 12.4. The zero-order chi connectivity index (χ0) is 18.4. The summed E-state index contributed by atoms with van der Waals surface area (Å²) in [5.41, 5.74) is 2.07. The molecule has 0 N–H and O–H groups in total. The lowest BCUT2D eigenvalue weighted by Gasteiger charge is -2.15. The van der Waals surface area contributed by atoms with Gasteiger partial charge < -0.3 is 14.4 Å². The summed E-state index contributed by atoms with van der Waals surface area (Å²) in [6.07, 6.45) is 2.58. The van der Waals surface area contributed by atoms with Crippen LogP contribution < -0.4 is 9.47 Å². The van der Waals surface area contributed by atoms with E-state index in [0.717, 1.165) is 12.0 Å². The lowest BCUT2D eigenvalue weighted by atomic mass is 10.1. The van der Waals surface area contributed by atoms with Gasteiger partial charge in [-0.1, -0.05) is 13.0 Å². The lowest BCUT2D eigenvalue weighted by Crippen LogP contribution is -2.29. The number of rotatable bonds is 8. The van der Waals surface area contributed by atoms with Crippen molar-refractivity contribution in [3.63, 3.8) is 0 Å². The zero-order valence-corrected chi connectivity index (χ0v) is 15.3. The number of likely N-dealkylation sites (N-methyl/N-ethyl adjacent to an activating group) is 1. The Morgan fingerprint density at radius 1 is 1.32 bits per heavy atom. The van der Waals surface area contributed by atoms with E-state index in [9.17, 15) is 4.79 Å². The Morgan fingerprint density at radius 3 is 2.68 bits per heavy atom. The molecule has 0 aliphatic heterocycles. The van der Waals surface area contributed by atoms with Crippen molar-refractivity contribution in [2.75, 3.05) is 27.8 Å². The second-order valence-corrected chi connectivity index (χ2v) is 5.68. The number of aromatic nitrogens is 2. The fraction of sp³-hybridized carbons (Fsp3) is 0.368. The smallest absolute Gasteiger partial charge is 0.272 e. The number of benzene rings is 1. The SMILES string of the molecule is C=CCN(C)C(=O)c1cc(-c2ccc(OC)cc2OC)nn1CCC. The van der Waals surface area contributed by atoms with Crippen molar-refractivity contribution >= 4 is 5.91 Å². The van der Waals surface area contributed by atoms with Crippen LogP contribution in [0.15, 0.2) is 36.9 Å². The Kier molecular flexibility index (Phi) is 6.22. The predicted molar refractivity (Wildman–Crippen MR) is 98.2 cm³/mol. The summed E-state index contributed by atoms with van der Waals surface area (Å²) in [6.45, 7) is 6.89. The monoisotopic (exact) mass is 343 g/mol. The largest absolute Gasteiger partial charge is 0.497 e. The lowest BCUT2D eigenvalue weighted by molar-refractivity contribution is 0.0797. The van der Waals surface area contributed by atoms with Gasteiger partial charge in [0, 0.05) is 31.8 Å². The number of aryl methyl sites for hydroxylation is 1. The summed E-state index contributed by atoms with van der Waals surface area (Å²) in [7, 11) is 4.96. The molecule has 1 aromatic carbocycles. The first-order valence-electron chi connectivity index (χ1n) is 8.22. The molecule has 0 fully saturated rings. The van der Waals surface area contributed by atoms with Gasteiger partial charge in [0.15, 0.2) is 0 Å². The Morgan fingerprint density at radius 2 is 2.08 bits per heavy atom. The molecule has 1 heterocycles. The van der Waals surface area contributed by atoms with E-state index in [4.69, 9.17) is 9.47 Å². The minimum absolute atomic E-state index is 0.0837. The number of methoxy groups -OCH3 is 2. The molecule has 0 saturated carbocycles. The maximum absolute atomic E-state index is 12.7. The Labute approximate surface area is 148 Å². The van der Waals surface area contributed by atoms with Gasteiger partial charge >= 0.3 is 0 Å². The molecule has 2 aromatic rings. The average molecular weight is 343 g/mol. The predicted octanol–water partition coefficient (Wildman–Crippen LogP) is 3.24. The van der Waals surface area contributed by atoms with E-state index in [-0.39, 0.29) is 5.91 Å². The van der Waals surface area contributed by atoms with Crippen molar-refractivity contribution in [2.45, 2.75) is 19.9 Å². The molecule has 0 saturated heterocycles. The molecule has 2 rings (SSSR count). The van der Waals surface area contributed by atoms with E-state index in [1.807, 2.05) is 18.2 Å². The summed E-state index contributed by atoms with van der Waals surface area (Å²) in [5, 5.41) is 4.62. The highest BCUT2D eigenvalue weighted by Crippen LogP contribution is 2.33. The molecule has 6 nitrogen and oxygen atoms in total. The molecule has 0 radical (unpaired) electrons. The molecule has 25 heavy (non-hydrogen) atoms. The molecule has 1 amide bonds. The molecule has 0 atom stereocenters. The van der Waals surface area contributed by atoms with Crippen molar-refractivity contribution in [1.29, 1.82) is 0 Å². The van der Waals surface area contributed by atoms with Gasteiger partial charge in [-0.3, -0.25) is 9.48 Å². The van der Waals surface area contributed by atoms with Gasteiger partial charge in [0.1, 0.15) is 17.2 Å². The highest BCUT2D eigenvalue weighted by atomic mass is 16.5. The van der Waals surface area contributed by atoms with Crippen molar-refractivity contribution in [1.82, 2.24) is 14.7 Å². The first-order valence-corrected chi connectivity index (χ1v) is 8.22. The molecule has 0 unspecified atom stereocenters. The van der Waals surface area contributed by atoms with E-state index in [0.29, 0.717) is 36.0 Å². The van der Waals surface area contributed by atoms with Crippen molar-refractivity contribution in [3.05, 3.63) is 42.6 Å². The van der Waals surface area contributed by atoms with Crippen LogP contribution >= 0.6 is 0 Å². The number of ether oxygens (including phenoxy) is 2. The molecule has 0 aliphatic carbocycles. The van der Waals surface area contributed by atoms with E-state index < -0.39 is 0 Å². The summed E-state index contributed by atoms with van der Waals surface area (Å²) in [5.74, 6) is 1.27. The van der Waals surface area contributed by atoms with Gasteiger partial charge in [-0.2, -0.15) is 5.10 Å². The molecular formula is C19H25N3O3. The highest BCUT2D eigenvalue weighted by Gasteiger charge is 2.20. The van der Waals surface area contributed by atoms with Crippen molar-refractivity contribution in [3.8, 4) is 22.8 Å². The number of hydrogen-bond donors (Lipinski definition) is 0. The summed E-state index contributed by atoms with van der Waals surface area (Å²) in [6, 6.07) is 7.35. The third-order valence-corrected chi connectivity index (χ3v) is 3.87. The molecular weight excluding hydrogens is 318 g/mol. The van der Waals surface area contributed by atoms with Gasteiger partial charge in [-0.15, -0.1) is 6.58 Å². The maximum Gasteiger partial charge on any atom is 0.272 e. The van der Waals surface area contributed by atoms with Gasteiger partial charge in [-0.25, -0.2) is 0 Å². The first kappa shape index (κ1) is 18.6. The number of carbonyl (C=O) groups excluding carboxylic acids is 1. The van der Waals surface area contributed by atoms with Crippen molar-refractivity contribution in [2.24, 2.45) is 0 Å². The fourth-order valence-electron chi connectivity index (χ4n) is 2.59. The molecule has 0 bridgehead atoms. The highest BCUT2D eigenvalue weighted by molar-refractivity contribution is 5.94. The van der Waals surface area contributed by atoms with Crippen LogP contribution in [0, 0.1) is 0 Å². The van der Waals surface area contributed by atoms with Crippen LogP contribution in [-0.4, -0.2) is 48.4 Å². The number of hydrogen-bond acceptors (Lipinski definition) is 4. The Balaban J connectivity index is 2.48. The average Bonchev–Trinajstić information content (AvgIpc) is 3.04. The van der Waals surface area contributed by atoms with Crippen LogP contribution in [0.5, 0.6) is 11.5 Å². The van der Waals surface area contributed by atoms with Gasteiger partial charge in [0.25, 0.3) is 5.91 Å². The minimum Gasteiger partial charge on any atom is -0.497 e. The maximum atomic E-state index is 12.7. The number of nitrogens with zero attached hydrogens (tertiary/aromatic N) is 3. The van der Waals surface area contributed by atoms with Crippen LogP contribution in [-0.2, 0) is 6.54 Å². The van der Waals surface area contributed by atoms with Crippen LogP contribution in [0.25, 0.3) is 11.3 Å². The molecule has 134 valence electrons. The van der Waals surface area contributed by atoms with Crippen LogP contribution in [0.4, 0.5) is 0 Å². The minimum atomic E-state index is -0.0837. The van der Waals surface area contributed by atoms with Crippen LogP contribution in [0.3, 0.4) is 0 Å². The zero-order valence-electron chi connectivity index (χ0n) is 15.3. The van der Waals surface area contributed by atoms with Crippen LogP contribution in [0.2, 0.25) is 0 Å². The third kappa shape index (κ3) is 4.02. The quantitative estimate of drug-likeness (QED) is 0.691. The van der Waals surface area contributed by atoms with Crippen molar-refractivity contribution < 1.29 is 14.3 Å². The fourth-order valence-corrected chi connectivity index (χ4v) is 2.59. The second-order valence-electron chi connectivity index (χ2n) is 5.68. The van der Waals surface area contributed by atoms with Gasteiger partial charge in [-0.05, 0) is 24.6 Å². The summed E-state index contributed by atoms with van der Waals surface area (Å²) in [4.78, 5) is 14.3. The molecule has 6 heteroatoms. The second kappa shape index (κ2) is 8.37. The normalized spacial score (nSPS) is 10.4. The standard InChI is InChI=1S/C19H25N3O3/c1-6-10-21(3)19(23)17-13-16(20-22(17)11-7-2)15-9-8-14(24-4)12-18(15)25-5/h6,8-9,12-13H,1,7,10-11H2,2-5H3. The number of amides is 1. The van der Waals surface area contributed by atoms with Crippen LogP contribution in [0.1, 0.15) is 23.8 Å². The number of carbonyl (C=O) groups is 1. The molecule has 0 spiro atoms. The van der Waals surface area contributed by atoms with E-state index in [2.05, 4.69) is 18.6 Å². The van der Waals surface area contributed by atoms with E-state index >= 15 is 0 Å². The Hall–Kier alpha value is -2.76. The summed E-state index contributed by atoms with van der Waals surface area (Å²) >= 11 is 0. The molecule has 1 aromatic heterocycles. The Bertz CT molecular complexity index is 752. The van der Waals surface area contributed by atoms with Gasteiger partial charge in [0.05, 0.1) is 19.9 Å². The van der Waals surface area contributed by atoms with Gasteiger partial charge in [0.2, 0.25) is 0 Å². The van der Waals surface area contributed by atoms with E-state index in [1.54, 1.807) is 43.0 Å². The molecule has 0 aliphatic rings. The van der Waals surface area contributed by atoms with E-state index in [1.165, 1.54) is 0 Å².